The lowest BCUT2D eigenvalue weighted by Gasteiger charge is -2.13. The number of aliphatic hydroxyl groups is 1. The summed E-state index contributed by atoms with van der Waals surface area (Å²) in [5.74, 6) is -0.797. The van der Waals surface area contributed by atoms with Crippen molar-refractivity contribution in [3.63, 3.8) is 0 Å². The number of carbonyl (C=O) groups excluding carboxylic acids is 2. The Bertz CT molecular complexity index is 903. The van der Waals surface area contributed by atoms with Gasteiger partial charge in [0.15, 0.2) is 0 Å². The molecule has 0 bridgehead atoms. The summed E-state index contributed by atoms with van der Waals surface area (Å²) in [7, 11) is 1.30. The third-order valence-corrected chi connectivity index (χ3v) is 4.07. The van der Waals surface area contributed by atoms with Gasteiger partial charge in [0, 0.05) is 24.5 Å². The number of benzene rings is 2. The molecule has 0 aliphatic rings. The van der Waals surface area contributed by atoms with E-state index in [-0.39, 0.29) is 12.5 Å². The molecule has 0 radical (unpaired) electrons. The molecule has 1 amide bonds. The molecule has 1 aromatic heterocycles. The number of amides is 1. The molecule has 3 aromatic rings. The molecular formula is C20H19N3O4. The number of carbonyl (C=O) groups is 2. The van der Waals surface area contributed by atoms with Crippen LogP contribution in [0, 0.1) is 0 Å². The van der Waals surface area contributed by atoms with Crippen LogP contribution in [0.1, 0.15) is 32.4 Å². The first-order valence-corrected chi connectivity index (χ1v) is 8.33. The molecular weight excluding hydrogens is 346 g/mol. The summed E-state index contributed by atoms with van der Waals surface area (Å²) in [5, 5.41) is 17.1. The van der Waals surface area contributed by atoms with Crippen LogP contribution in [-0.2, 0) is 4.74 Å². The van der Waals surface area contributed by atoms with Crippen LogP contribution in [-0.4, -0.2) is 40.4 Å². The van der Waals surface area contributed by atoms with Gasteiger partial charge in [-0.25, -0.2) is 9.48 Å². The minimum absolute atomic E-state index is 0.0682. The van der Waals surface area contributed by atoms with Crippen LogP contribution in [0.25, 0.3) is 5.69 Å². The predicted molar refractivity (Wildman–Crippen MR) is 98.6 cm³/mol. The van der Waals surface area contributed by atoms with Crippen molar-refractivity contribution in [1.29, 1.82) is 0 Å². The third-order valence-electron chi connectivity index (χ3n) is 4.07. The fourth-order valence-electron chi connectivity index (χ4n) is 2.56. The van der Waals surface area contributed by atoms with E-state index in [0.29, 0.717) is 16.7 Å². The molecule has 2 aromatic carbocycles. The molecule has 27 heavy (non-hydrogen) atoms. The number of nitrogens with zero attached hydrogens (tertiary/aromatic N) is 2. The van der Waals surface area contributed by atoms with Crippen LogP contribution in [0.15, 0.2) is 67.0 Å². The standard InChI is InChI=1S/C20H19N3O4/c1-27-20(26)16-5-3-15(4-6-16)19(25)21-13-18(24)14-7-9-17(10-8-14)23-12-2-11-22-23/h2-12,18,24H,13H2,1H3,(H,21,25). The summed E-state index contributed by atoms with van der Waals surface area (Å²) in [6.45, 7) is 0.0682. The van der Waals surface area contributed by atoms with Gasteiger partial charge in [-0.2, -0.15) is 5.10 Å². The van der Waals surface area contributed by atoms with Crippen LogP contribution in [0.3, 0.4) is 0 Å². The number of esters is 1. The zero-order chi connectivity index (χ0) is 19.2. The second-order valence-electron chi connectivity index (χ2n) is 5.84. The number of methoxy groups -OCH3 is 1. The van der Waals surface area contributed by atoms with Gasteiger partial charge in [0.05, 0.1) is 24.5 Å². The molecule has 1 unspecified atom stereocenters. The maximum atomic E-state index is 12.2. The smallest absolute Gasteiger partial charge is 0.337 e. The lowest BCUT2D eigenvalue weighted by atomic mass is 10.1. The SMILES string of the molecule is COC(=O)c1ccc(C(=O)NCC(O)c2ccc(-n3cccn3)cc2)cc1. The lowest BCUT2D eigenvalue weighted by molar-refractivity contribution is 0.0600. The number of hydrogen-bond donors (Lipinski definition) is 2. The Labute approximate surface area is 156 Å². The number of nitrogens with one attached hydrogen (secondary N) is 1. The van der Waals surface area contributed by atoms with Crippen LogP contribution in [0.4, 0.5) is 0 Å². The molecule has 0 saturated carbocycles. The fourth-order valence-corrected chi connectivity index (χ4v) is 2.56. The van der Waals surface area contributed by atoms with E-state index in [2.05, 4.69) is 15.2 Å². The summed E-state index contributed by atoms with van der Waals surface area (Å²) in [4.78, 5) is 23.6. The minimum atomic E-state index is -0.838. The largest absolute Gasteiger partial charge is 0.465 e. The van der Waals surface area contributed by atoms with Gasteiger partial charge in [-0.15, -0.1) is 0 Å². The van der Waals surface area contributed by atoms with Crippen LogP contribution < -0.4 is 5.32 Å². The molecule has 3 rings (SSSR count). The second-order valence-corrected chi connectivity index (χ2v) is 5.84. The second kappa shape index (κ2) is 8.29. The third kappa shape index (κ3) is 4.39. The molecule has 0 spiro atoms. The number of hydrogen-bond acceptors (Lipinski definition) is 5. The highest BCUT2D eigenvalue weighted by Crippen LogP contribution is 2.15. The van der Waals surface area contributed by atoms with Gasteiger partial charge in [0.25, 0.3) is 5.91 Å². The molecule has 0 fully saturated rings. The number of ether oxygens (including phenoxy) is 1. The van der Waals surface area contributed by atoms with Crippen molar-refractivity contribution < 1.29 is 19.4 Å². The molecule has 1 heterocycles. The van der Waals surface area contributed by atoms with E-state index < -0.39 is 12.1 Å². The average molecular weight is 365 g/mol. The van der Waals surface area contributed by atoms with Crippen molar-refractivity contribution in [3.8, 4) is 5.69 Å². The van der Waals surface area contributed by atoms with Crippen LogP contribution in [0.5, 0.6) is 0 Å². The van der Waals surface area contributed by atoms with E-state index in [1.165, 1.54) is 31.4 Å². The van der Waals surface area contributed by atoms with E-state index in [1.54, 1.807) is 23.0 Å². The highest BCUT2D eigenvalue weighted by molar-refractivity contribution is 5.96. The van der Waals surface area contributed by atoms with Crippen molar-refractivity contribution in [3.05, 3.63) is 83.7 Å². The zero-order valence-corrected chi connectivity index (χ0v) is 14.7. The predicted octanol–water partition coefficient (Wildman–Crippen LogP) is 2.12. The highest BCUT2D eigenvalue weighted by Gasteiger charge is 2.12. The molecule has 0 aliphatic carbocycles. The number of rotatable bonds is 6. The maximum Gasteiger partial charge on any atom is 0.337 e. The molecule has 0 aliphatic heterocycles. The molecule has 0 saturated heterocycles. The van der Waals surface area contributed by atoms with Gasteiger partial charge >= 0.3 is 5.97 Å². The summed E-state index contributed by atoms with van der Waals surface area (Å²) >= 11 is 0. The quantitative estimate of drug-likeness (QED) is 0.653. The summed E-state index contributed by atoms with van der Waals surface area (Å²) in [5.41, 5.74) is 2.33. The first-order valence-electron chi connectivity index (χ1n) is 8.33. The molecule has 7 heteroatoms. The van der Waals surface area contributed by atoms with Crippen molar-refractivity contribution in [1.82, 2.24) is 15.1 Å². The zero-order valence-electron chi connectivity index (χ0n) is 14.7. The Morgan fingerprint density at radius 3 is 2.37 bits per heavy atom. The van der Waals surface area contributed by atoms with E-state index in [0.717, 1.165) is 5.69 Å². The normalized spacial score (nSPS) is 11.6. The van der Waals surface area contributed by atoms with Crippen LogP contribution >= 0.6 is 0 Å². The average Bonchev–Trinajstić information content (AvgIpc) is 3.26. The highest BCUT2D eigenvalue weighted by atomic mass is 16.5. The van der Waals surface area contributed by atoms with Gasteiger partial charge in [-0.05, 0) is 48.0 Å². The minimum Gasteiger partial charge on any atom is -0.465 e. The molecule has 2 N–H and O–H groups in total. The first kappa shape index (κ1) is 18.3. The lowest BCUT2D eigenvalue weighted by Crippen LogP contribution is -2.28. The maximum absolute atomic E-state index is 12.2. The van der Waals surface area contributed by atoms with Gasteiger partial charge in [0.1, 0.15) is 0 Å². The van der Waals surface area contributed by atoms with Crippen LogP contribution in [0.2, 0.25) is 0 Å². The van der Waals surface area contributed by atoms with E-state index in [1.807, 2.05) is 24.4 Å². The van der Waals surface area contributed by atoms with Crippen molar-refractivity contribution >= 4 is 11.9 Å². The Hall–Kier alpha value is -3.45. The van der Waals surface area contributed by atoms with Crippen molar-refractivity contribution in [2.75, 3.05) is 13.7 Å². The number of aliphatic hydroxyl groups excluding tert-OH is 1. The van der Waals surface area contributed by atoms with Gasteiger partial charge in [-0.1, -0.05) is 12.1 Å². The molecule has 1 atom stereocenters. The van der Waals surface area contributed by atoms with Gasteiger partial charge < -0.3 is 15.2 Å². The van der Waals surface area contributed by atoms with E-state index in [9.17, 15) is 14.7 Å². The summed E-state index contributed by atoms with van der Waals surface area (Å²) < 4.78 is 6.34. The van der Waals surface area contributed by atoms with Gasteiger partial charge in [-0.3, -0.25) is 4.79 Å². The van der Waals surface area contributed by atoms with E-state index in [4.69, 9.17) is 0 Å². The van der Waals surface area contributed by atoms with Crippen molar-refractivity contribution in [2.45, 2.75) is 6.10 Å². The number of aromatic nitrogens is 2. The molecule has 138 valence electrons. The van der Waals surface area contributed by atoms with Gasteiger partial charge in [0.2, 0.25) is 0 Å². The summed E-state index contributed by atoms with van der Waals surface area (Å²) in [6.07, 6.45) is 2.68. The Morgan fingerprint density at radius 2 is 1.78 bits per heavy atom. The van der Waals surface area contributed by atoms with E-state index >= 15 is 0 Å². The summed E-state index contributed by atoms with van der Waals surface area (Å²) in [6, 6.07) is 15.2. The molecule has 7 nitrogen and oxygen atoms in total. The monoisotopic (exact) mass is 365 g/mol. The Balaban J connectivity index is 1.57. The topological polar surface area (TPSA) is 93.5 Å². The first-order chi connectivity index (χ1) is 13.1. The Morgan fingerprint density at radius 1 is 1.11 bits per heavy atom. The van der Waals surface area contributed by atoms with Crippen molar-refractivity contribution in [2.24, 2.45) is 0 Å². The fraction of sp³-hybridized carbons (Fsp3) is 0.150. The Kier molecular flexibility index (Phi) is 5.63.